The van der Waals surface area contributed by atoms with Crippen molar-refractivity contribution in [2.75, 3.05) is 0 Å². The van der Waals surface area contributed by atoms with Gasteiger partial charge in [0, 0.05) is 16.9 Å². The maximum atomic E-state index is 5.65. The smallest absolute Gasteiger partial charge is 0.0500 e. The SMILES string of the molecule is Cc1ccc(C(Cc2cncc(Br)c2)NN)cc1. The fraction of sp³-hybridized carbons (Fsp3) is 0.214. The van der Waals surface area contributed by atoms with Gasteiger partial charge in [-0.1, -0.05) is 29.8 Å². The lowest BCUT2D eigenvalue weighted by molar-refractivity contribution is 0.551. The molecule has 0 aliphatic heterocycles. The molecule has 2 aromatic rings. The molecule has 0 aliphatic carbocycles. The molecular weight excluding hydrogens is 290 g/mol. The Balaban J connectivity index is 2.17. The number of nitrogens with zero attached hydrogens (tertiary/aromatic N) is 1. The van der Waals surface area contributed by atoms with Crippen molar-refractivity contribution in [1.82, 2.24) is 10.4 Å². The number of hydrogen-bond acceptors (Lipinski definition) is 3. The van der Waals surface area contributed by atoms with Crippen LogP contribution in [0, 0.1) is 6.92 Å². The van der Waals surface area contributed by atoms with Gasteiger partial charge in [0.25, 0.3) is 0 Å². The maximum absolute atomic E-state index is 5.65. The lowest BCUT2D eigenvalue weighted by Crippen LogP contribution is -2.29. The Bertz CT molecular complexity index is 511. The third kappa shape index (κ3) is 3.38. The number of hydrazine groups is 1. The highest BCUT2D eigenvalue weighted by Crippen LogP contribution is 2.19. The summed E-state index contributed by atoms with van der Waals surface area (Å²) >= 11 is 3.43. The largest absolute Gasteiger partial charge is 0.271 e. The molecule has 1 aromatic carbocycles. The lowest BCUT2D eigenvalue weighted by atomic mass is 9.99. The standard InChI is InChI=1S/C14H16BrN3/c1-10-2-4-12(5-3-10)14(18-16)7-11-6-13(15)9-17-8-11/h2-6,8-9,14,18H,7,16H2,1H3. The molecule has 0 saturated heterocycles. The number of aromatic nitrogens is 1. The van der Waals surface area contributed by atoms with Gasteiger partial charge < -0.3 is 0 Å². The van der Waals surface area contributed by atoms with Crippen LogP contribution in [0.1, 0.15) is 22.7 Å². The molecule has 18 heavy (non-hydrogen) atoms. The van der Waals surface area contributed by atoms with Crippen molar-refractivity contribution in [3.05, 3.63) is 63.9 Å². The van der Waals surface area contributed by atoms with E-state index in [1.54, 1.807) is 6.20 Å². The molecule has 0 fully saturated rings. The zero-order valence-electron chi connectivity index (χ0n) is 10.2. The molecule has 1 atom stereocenters. The van der Waals surface area contributed by atoms with Crippen molar-refractivity contribution in [3.63, 3.8) is 0 Å². The first-order chi connectivity index (χ1) is 8.69. The molecule has 0 spiro atoms. The quantitative estimate of drug-likeness (QED) is 0.674. The van der Waals surface area contributed by atoms with E-state index in [9.17, 15) is 0 Å². The van der Waals surface area contributed by atoms with Crippen LogP contribution in [-0.2, 0) is 6.42 Å². The molecule has 1 heterocycles. The first-order valence-electron chi connectivity index (χ1n) is 5.81. The summed E-state index contributed by atoms with van der Waals surface area (Å²) in [4.78, 5) is 4.16. The molecule has 3 N–H and O–H groups in total. The van der Waals surface area contributed by atoms with Crippen LogP contribution >= 0.6 is 15.9 Å². The van der Waals surface area contributed by atoms with E-state index in [0.717, 1.165) is 16.5 Å². The van der Waals surface area contributed by atoms with E-state index < -0.39 is 0 Å². The summed E-state index contributed by atoms with van der Waals surface area (Å²) in [5, 5.41) is 0. The van der Waals surface area contributed by atoms with Crippen LogP contribution in [-0.4, -0.2) is 4.98 Å². The van der Waals surface area contributed by atoms with Crippen molar-refractivity contribution >= 4 is 15.9 Å². The van der Waals surface area contributed by atoms with E-state index in [2.05, 4.69) is 63.6 Å². The lowest BCUT2D eigenvalue weighted by Gasteiger charge is -2.16. The predicted molar refractivity (Wildman–Crippen MR) is 76.9 cm³/mol. The second-order valence-electron chi connectivity index (χ2n) is 4.35. The Labute approximate surface area is 116 Å². The summed E-state index contributed by atoms with van der Waals surface area (Å²) in [5.74, 6) is 5.65. The van der Waals surface area contributed by atoms with Crippen LogP contribution in [0.25, 0.3) is 0 Å². The molecule has 0 amide bonds. The van der Waals surface area contributed by atoms with E-state index in [1.807, 2.05) is 6.20 Å². The van der Waals surface area contributed by atoms with Gasteiger partial charge in [0.2, 0.25) is 0 Å². The number of nitrogens with two attached hydrogens (primary N) is 1. The molecule has 2 rings (SSSR count). The zero-order chi connectivity index (χ0) is 13.0. The third-order valence-corrected chi connectivity index (χ3v) is 3.32. The van der Waals surface area contributed by atoms with Crippen LogP contribution in [0.4, 0.5) is 0 Å². The molecule has 4 heteroatoms. The second kappa shape index (κ2) is 6.09. The monoisotopic (exact) mass is 305 g/mol. The molecule has 0 saturated carbocycles. The van der Waals surface area contributed by atoms with Gasteiger partial charge in [-0.3, -0.25) is 16.3 Å². The highest BCUT2D eigenvalue weighted by molar-refractivity contribution is 9.10. The Kier molecular flexibility index (Phi) is 4.47. The minimum absolute atomic E-state index is 0.0988. The van der Waals surface area contributed by atoms with E-state index in [0.29, 0.717) is 0 Å². The fourth-order valence-electron chi connectivity index (χ4n) is 1.87. The van der Waals surface area contributed by atoms with Gasteiger partial charge in [0.05, 0.1) is 6.04 Å². The number of pyridine rings is 1. The van der Waals surface area contributed by atoms with Gasteiger partial charge in [-0.15, -0.1) is 0 Å². The van der Waals surface area contributed by atoms with Crippen molar-refractivity contribution in [2.24, 2.45) is 5.84 Å². The molecule has 3 nitrogen and oxygen atoms in total. The summed E-state index contributed by atoms with van der Waals surface area (Å²) in [5.41, 5.74) is 6.44. The van der Waals surface area contributed by atoms with Gasteiger partial charge in [-0.2, -0.15) is 0 Å². The van der Waals surface area contributed by atoms with Gasteiger partial charge in [-0.25, -0.2) is 0 Å². The van der Waals surface area contributed by atoms with Crippen molar-refractivity contribution in [1.29, 1.82) is 0 Å². The zero-order valence-corrected chi connectivity index (χ0v) is 11.8. The van der Waals surface area contributed by atoms with Crippen LogP contribution in [0.15, 0.2) is 47.2 Å². The summed E-state index contributed by atoms with van der Waals surface area (Å²) in [7, 11) is 0. The Morgan fingerprint density at radius 2 is 2.00 bits per heavy atom. The molecule has 0 aliphatic rings. The third-order valence-electron chi connectivity index (χ3n) is 2.88. The number of nitrogens with one attached hydrogen (secondary N) is 1. The molecule has 1 aromatic heterocycles. The van der Waals surface area contributed by atoms with Crippen molar-refractivity contribution in [2.45, 2.75) is 19.4 Å². The normalized spacial score (nSPS) is 12.4. The molecular formula is C14H16BrN3. The van der Waals surface area contributed by atoms with Crippen molar-refractivity contribution < 1.29 is 0 Å². The van der Waals surface area contributed by atoms with Crippen molar-refractivity contribution in [3.8, 4) is 0 Å². The topological polar surface area (TPSA) is 50.9 Å². The summed E-state index contributed by atoms with van der Waals surface area (Å²) < 4.78 is 0.986. The number of rotatable bonds is 4. The van der Waals surface area contributed by atoms with E-state index >= 15 is 0 Å². The fourth-order valence-corrected chi connectivity index (χ4v) is 2.29. The minimum Gasteiger partial charge on any atom is -0.271 e. The van der Waals surface area contributed by atoms with Gasteiger partial charge in [0.15, 0.2) is 0 Å². The second-order valence-corrected chi connectivity index (χ2v) is 5.26. The van der Waals surface area contributed by atoms with Crippen LogP contribution in [0.2, 0.25) is 0 Å². The average Bonchev–Trinajstić information content (AvgIpc) is 2.37. The van der Waals surface area contributed by atoms with Crippen LogP contribution in [0.5, 0.6) is 0 Å². The molecule has 1 unspecified atom stereocenters. The molecule has 0 bridgehead atoms. The summed E-state index contributed by atoms with van der Waals surface area (Å²) in [6.45, 7) is 2.08. The summed E-state index contributed by atoms with van der Waals surface area (Å²) in [6.07, 6.45) is 4.45. The number of aryl methyl sites for hydroxylation is 1. The Hall–Kier alpha value is -1.23. The van der Waals surface area contributed by atoms with Gasteiger partial charge in [0.1, 0.15) is 0 Å². The highest BCUT2D eigenvalue weighted by Gasteiger charge is 2.10. The highest BCUT2D eigenvalue weighted by atomic mass is 79.9. The first-order valence-corrected chi connectivity index (χ1v) is 6.60. The Morgan fingerprint density at radius 3 is 2.61 bits per heavy atom. The minimum atomic E-state index is 0.0988. The molecule has 0 radical (unpaired) electrons. The van der Waals surface area contributed by atoms with Gasteiger partial charge in [-0.05, 0) is 46.5 Å². The molecule has 94 valence electrons. The Morgan fingerprint density at radius 1 is 1.28 bits per heavy atom. The number of benzene rings is 1. The summed E-state index contributed by atoms with van der Waals surface area (Å²) in [6, 6.07) is 10.6. The average molecular weight is 306 g/mol. The van der Waals surface area contributed by atoms with Crippen LogP contribution < -0.4 is 11.3 Å². The van der Waals surface area contributed by atoms with E-state index in [-0.39, 0.29) is 6.04 Å². The predicted octanol–water partition coefficient (Wildman–Crippen LogP) is 2.90. The maximum Gasteiger partial charge on any atom is 0.0500 e. The van der Waals surface area contributed by atoms with E-state index in [1.165, 1.54) is 11.1 Å². The van der Waals surface area contributed by atoms with E-state index in [4.69, 9.17) is 5.84 Å². The van der Waals surface area contributed by atoms with Crippen LogP contribution in [0.3, 0.4) is 0 Å². The number of hydrogen-bond donors (Lipinski definition) is 2. The first kappa shape index (κ1) is 13.2. The van der Waals surface area contributed by atoms with Gasteiger partial charge >= 0.3 is 0 Å². The number of halogens is 1.